The third-order valence-electron chi connectivity index (χ3n) is 4.97. The Hall–Kier alpha value is -4.74. The number of aliphatic carboxylic acids is 1. The second kappa shape index (κ2) is 15.4. The van der Waals surface area contributed by atoms with Crippen molar-refractivity contribution in [3.05, 3.63) is 18.2 Å². The third-order valence-corrected chi connectivity index (χ3v) is 4.97. The topological polar surface area (TPSA) is 330 Å². The Kier molecular flexibility index (Phi) is 12.7. The summed E-state index contributed by atoms with van der Waals surface area (Å²) in [7, 11) is 0. The van der Waals surface area contributed by atoms with Crippen molar-refractivity contribution in [2.24, 2.45) is 33.7 Å². The van der Waals surface area contributed by atoms with Crippen molar-refractivity contribution >= 4 is 41.5 Å². The molecule has 4 unspecified atom stereocenters. The fourth-order valence-corrected chi connectivity index (χ4v) is 3.13. The maximum Gasteiger partial charge on any atom is 0.326 e. The first-order valence-corrected chi connectivity index (χ1v) is 11.3. The number of hydrogen-bond acceptors (Lipinski definition) is 9. The molecular weight excluding hydrogens is 506 g/mol. The van der Waals surface area contributed by atoms with E-state index in [-0.39, 0.29) is 31.8 Å². The van der Waals surface area contributed by atoms with E-state index in [4.69, 9.17) is 28.7 Å². The molecule has 0 saturated carbocycles. The highest BCUT2D eigenvalue weighted by atomic mass is 16.4. The normalized spacial score (nSPS) is 13.7. The lowest BCUT2D eigenvalue weighted by Gasteiger charge is -2.25. The van der Waals surface area contributed by atoms with Crippen molar-refractivity contribution < 1.29 is 33.9 Å². The Morgan fingerprint density at radius 2 is 1.47 bits per heavy atom. The summed E-state index contributed by atoms with van der Waals surface area (Å²) in [6, 6.07) is -5.61. The summed E-state index contributed by atoms with van der Waals surface area (Å²) in [4.78, 5) is 82.7. The molecule has 5 amide bonds. The van der Waals surface area contributed by atoms with Crippen LogP contribution in [-0.4, -0.2) is 87.3 Å². The molecule has 18 heteroatoms. The van der Waals surface area contributed by atoms with Crippen LogP contribution in [0.4, 0.5) is 0 Å². The lowest BCUT2D eigenvalue weighted by atomic mass is 10.1. The van der Waals surface area contributed by atoms with E-state index in [2.05, 4.69) is 30.9 Å². The van der Waals surface area contributed by atoms with Gasteiger partial charge in [-0.2, -0.15) is 0 Å². The average molecular weight is 540 g/mol. The standard InChI is InChI=1S/C20H33N11O7/c21-10(5-14(22)32)16(34)30-12(4-9-7-26-8-28-9)18(36)29-11(2-1-3-27-20(24)25)17(35)31-13(19(37)38)6-15(23)33/h7-8,10-13H,1-6,21H2,(H2,22,32)(H2,23,33)(H,26,28)(H,29,36)(H,30,34)(H,31,35)(H,37,38)(H4,24,25,27). The van der Waals surface area contributed by atoms with Crippen LogP contribution in [0.2, 0.25) is 0 Å². The summed E-state index contributed by atoms with van der Waals surface area (Å²) in [6.45, 7) is 0.0852. The van der Waals surface area contributed by atoms with Crippen LogP contribution < -0.4 is 44.6 Å². The summed E-state index contributed by atoms with van der Waals surface area (Å²) in [5, 5.41) is 16.3. The summed E-state index contributed by atoms with van der Waals surface area (Å²) in [6.07, 6.45) is 1.60. The van der Waals surface area contributed by atoms with E-state index in [1.807, 2.05) is 0 Å². The Morgan fingerprint density at radius 3 is 2.00 bits per heavy atom. The quantitative estimate of drug-likeness (QED) is 0.0505. The van der Waals surface area contributed by atoms with Gasteiger partial charge in [0.2, 0.25) is 29.5 Å². The van der Waals surface area contributed by atoms with Gasteiger partial charge in [0, 0.05) is 24.9 Å². The number of nitrogens with zero attached hydrogens (tertiary/aromatic N) is 2. The van der Waals surface area contributed by atoms with E-state index in [9.17, 15) is 33.9 Å². The number of amides is 5. The summed E-state index contributed by atoms with van der Waals surface area (Å²) < 4.78 is 0. The molecule has 0 aliphatic heterocycles. The van der Waals surface area contributed by atoms with Crippen molar-refractivity contribution in [3.8, 4) is 0 Å². The van der Waals surface area contributed by atoms with Crippen LogP contribution in [0.3, 0.4) is 0 Å². The highest BCUT2D eigenvalue weighted by Gasteiger charge is 2.31. The predicted molar refractivity (Wildman–Crippen MR) is 131 cm³/mol. The molecule has 1 rings (SSSR count). The summed E-state index contributed by atoms with van der Waals surface area (Å²) in [5.41, 5.74) is 26.8. The molecule has 0 fully saturated rings. The Balaban J connectivity index is 3.12. The maximum absolute atomic E-state index is 13.2. The van der Waals surface area contributed by atoms with Gasteiger partial charge in [-0.1, -0.05) is 0 Å². The van der Waals surface area contributed by atoms with E-state index in [1.165, 1.54) is 12.5 Å². The monoisotopic (exact) mass is 539 g/mol. The second-order valence-electron chi connectivity index (χ2n) is 8.20. The molecule has 4 atom stereocenters. The first kappa shape index (κ1) is 31.3. The first-order chi connectivity index (χ1) is 17.8. The van der Waals surface area contributed by atoms with Gasteiger partial charge in [0.1, 0.15) is 18.1 Å². The number of carboxylic acid groups (broad SMARTS) is 1. The zero-order valence-electron chi connectivity index (χ0n) is 20.4. The number of hydrogen-bond donors (Lipinski definition) is 10. The molecule has 38 heavy (non-hydrogen) atoms. The van der Waals surface area contributed by atoms with Crippen LogP contribution in [0.1, 0.15) is 31.4 Å². The fraction of sp³-hybridized carbons (Fsp3) is 0.500. The predicted octanol–water partition coefficient (Wildman–Crippen LogP) is -5.38. The number of aromatic amines is 1. The van der Waals surface area contributed by atoms with Gasteiger partial charge in [-0.05, 0) is 12.8 Å². The molecule has 0 saturated heterocycles. The highest BCUT2D eigenvalue weighted by Crippen LogP contribution is 2.05. The number of carbonyl (C=O) groups excluding carboxylic acids is 5. The van der Waals surface area contributed by atoms with Crippen LogP contribution in [-0.2, 0) is 35.2 Å². The van der Waals surface area contributed by atoms with Gasteiger partial charge in [-0.3, -0.25) is 29.0 Å². The zero-order valence-corrected chi connectivity index (χ0v) is 20.4. The lowest BCUT2D eigenvalue weighted by molar-refractivity contribution is -0.143. The average Bonchev–Trinajstić information content (AvgIpc) is 3.32. The molecule has 0 radical (unpaired) electrons. The number of carboxylic acids is 1. The van der Waals surface area contributed by atoms with Gasteiger partial charge < -0.3 is 54.7 Å². The molecule has 0 aliphatic carbocycles. The zero-order chi connectivity index (χ0) is 28.8. The Morgan fingerprint density at radius 1 is 0.895 bits per heavy atom. The van der Waals surface area contributed by atoms with E-state index in [0.717, 1.165) is 0 Å². The number of aromatic nitrogens is 2. The molecule has 210 valence electrons. The fourth-order valence-electron chi connectivity index (χ4n) is 3.13. The number of rotatable bonds is 17. The van der Waals surface area contributed by atoms with Crippen LogP contribution in [0.15, 0.2) is 17.5 Å². The van der Waals surface area contributed by atoms with Gasteiger partial charge in [0.25, 0.3) is 0 Å². The molecular formula is C20H33N11O7. The van der Waals surface area contributed by atoms with Crippen molar-refractivity contribution in [3.63, 3.8) is 0 Å². The number of carbonyl (C=O) groups is 6. The molecule has 1 aromatic heterocycles. The van der Waals surface area contributed by atoms with Crippen LogP contribution >= 0.6 is 0 Å². The second-order valence-corrected chi connectivity index (χ2v) is 8.20. The van der Waals surface area contributed by atoms with Crippen LogP contribution in [0.25, 0.3) is 0 Å². The smallest absolute Gasteiger partial charge is 0.326 e. The van der Waals surface area contributed by atoms with Crippen molar-refractivity contribution in [2.75, 3.05) is 6.54 Å². The molecule has 0 aromatic carbocycles. The van der Waals surface area contributed by atoms with Crippen LogP contribution in [0, 0.1) is 0 Å². The van der Waals surface area contributed by atoms with Gasteiger partial charge in [0.05, 0.1) is 25.2 Å². The summed E-state index contributed by atoms with van der Waals surface area (Å²) in [5.74, 6) is -6.15. The van der Waals surface area contributed by atoms with Gasteiger partial charge in [-0.15, -0.1) is 0 Å². The largest absolute Gasteiger partial charge is 0.480 e. The number of nitrogens with two attached hydrogens (primary N) is 5. The minimum atomic E-state index is -1.65. The molecule has 0 bridgehead atoms. The number of H-pyrrole nitrogens is 1. The van der Waals surface area contributed by atoms with E-state index in [1.54, 1.807) is 0 Å². The molecule has 0 aliphatic rings. The minimum absolute atomic E-state index is 0.0524. The third kappa shape index (κ3) is 11.8. The van der Waals surface area contributed by atoms with Gasteiger partial charge in [0.15, 0.2) is 5.96 Å². The molecule has 1 heterocycles. The number of guanidine groups is 1. The molecule has 18 nitrogen and oxygen atoms in total. The van der Waals surface area contributed by atoms with Gasteiger partial charge in [-0.25, -0.2) is 9.78 Å². The number of imidazole rings is 1. The highest BCUT2D eigenvalue weighted by molar-refractivity contribution is 5.95. The van der Waals surface area contributed by atoms with Crippen LogP contribution in [0.5, 0.6) is 0 Å². The molecule has 1 aromatic rings. The SMILES string of the molecule is NC(=O)CC(N)C(=O)NC(Cc1cnc[nH]1)C(=O)NC(CCCN=C(N)N)C(=O)NC(CC(N)=O)C(=O)O. The van der Waals surface area contributed by atoms with Crippen molar-refractivity contribution in [2.45, 2.75) is 56.3 Å². The van der Waals surface area contributed by atoms with E-state index >= 15 is 0 Å². The molecule has 0 spiro atoms. The summed E-state index contributed by atoms with van der Waals surface area (Å²) >= 11 is 0. The van der Waals surface area contributed by atoms with E-state index in [0.29, 0.717) is 5.69 Å². The van der Waals surface area contributed by atoms with Crippen molar-refractivity contribution in [1.29, 1.82) is 0 Å². The lowest BCUT2D eigenvalue weighted by Crippen LogP contribution is -2.58. The van der Waals surface area contributed by atoms with Gasteiger partial charge >= 0.3 is 5.97 Å². The number of primary amides is 2. The first-order valence-electron chi connectivity index (χ1n) is 11.3. The number of aliphatic imine (C=N–C) groups is 1. The Labute approximate surface area is 216 Å². The van der Waals surface area contributed by atoms with Crippen molar-refractivity contribution in [1.82, 2.24) is 25.9 Å². The van der Waals surface area contributed by atoms with E-state index < -0.39 is 72.5 Å². The maximum atomic E-state index is 13.2. The minimum Gasteiger partial charge on any atom is -0.480 e. The molecule has 15 N–H and O–H groups in total. The number of nitrogens with one attached hydrogen (secondary N) is 4. The Bertz CT molecular complexity index is 1020.